The minimum Gasteiger partial charge on any atom is -0.379 e. The van der Waals surface area contributed by atoms with Crippen molar-refractivity contribution in [2.75, 3.05) is 52.5 Å². The molecule has 1 aromatic carbocycles. The molecule has 0 aromatic heterocycles. The van der Waals surface area contributed by atoms with Crippen LogP contribution < -0.4 is 10.6 Å². The molecule has 1 aromatic rings. The van der Waals surface area contributed by atoms with Gasteiger partial charge in [0, 0.05) is 36.6 Å². The average Bonchev–Trinajstić information content (AvgIpc) is 3.45. The molecule has 1 heterocycles. The van der Waals surface area contributed by atoms with E-state index in [0.29, 0.717) is 0 Å². The number of nitrogens with zero attached hydrogens (tertiary/aromatic N) is 2. The summed E-state index contributed by atoms with van der Waals surface area (Å²) in [5.41, 5.74) is 1.50. The van der Waals surface area contributed by atoms with Gasteiger partial charge in [0.05, 0.1) is 19.8 Å². The van der Waals surface area contributed by atoms with Crippen molar-refractivity contribution in [1.29, 1.82) is 0 Å². The summed E-state index contributed by atoms with van der Waals surface area (Å²) in [4.78, 5) is 7.32. The van der Waals surface area contributed by atoms with Gasteiger partial charge >= 0.3 is 0 Å². The average molecular weight is 507 g/mol. The van der Waals surface area contributed by atoms with E-state index in [2.05, 4.69) is 34.6 Å². The number of guanidine groups is 1. The van der Waals surface area contributed by atoms with Crippen LogP contribution in [0.25, 0.3) is 0 Å². The maximum atomic E-state index is 6.17. The first-order valence-corrected chi connectivity index (χ1v) is 10.2. The lowest BCUT2D eigenvalue weighted by atomic mass is 9.96. The molecule has 1 aliphatic heterocycles. The third kappa shape index (κ3) is 7.07. The maximum Gasteiger partial charge on any atom is 0.191 e. The van der Waals surface area contributed by atoms with E-state index in [0.717, 1.165) is 69.9 Å². The fourth-order valence-electron chi connectivity index (χ4n) is 3.41. The number of rotatable bonds is 8. The van der Waals surface area contributed by atoms with Crippen molar-refractivity contribution in [1.82, 2.24) is 15.5 Å². The van der Waals surface area contributed by atoms with Crippen molar-refractivity contribution in [3.63, 3.8) is 0 Å². The standard InChI is InChI=1S/C20H31ClN4O.HI/c1-2-22-19(23-9-4-10-25-11-13-26-14-12-25)24-16-20(7-8-20)17-5-3-6-18(21)15-17;/h3,5-6,15H,2,4,7-14,16H2,1H3,(H2,22,23,24);1H. The second-order valence-electron chi connectivity index (χ2n) is 7.22. The Morgan fingerprint density at radius 3 is 2.70 bits per heavy atom. The lowest BCUT2D eigenvalue weighted by Crippen LogP contribution is -2.41. The highest BCUT2D eigenvalue weighted by atomic mass is 127. The van der Waals surface area contributed by atoms with Crippen LogP contribution in [-0.4, -0.2) is 63.3 Å². The largest absolute Gasteiger partial charge is 0.379 e. The van der Waals surface area contributed by atoms with Crippen LogP contribution in [-0.2, 0) is 10.2 Å². The summed E-state index contributed by atoms with van der Waals surface area (Å²) in [7, 11) is 0. The van der Waals surface area contributed by atoms with Crippen molar-refractivity contribution in [2.24, 2.45) is 4.99 Å². The Morgan fingerprint density at radius 2 is 2.04 bits per heavy atom. The second kappa shape index (κ2) is 11.4. The Labute approximate surface area is 185 Å². The van der Waals surface area contributed by atoms with Gasteiger partial charge < -0.3 is 15.4 Å². The zero-order valence-corrected chi connectivity index (χ0v) is 19.3. The van der Waals surface area contributed by atoms with Crippen LogP contribution in [0.15, 0.2) is 29.3 Å². The fourth-order valence-corrected chi connectivity index (χ4v) is 3.60. The minimum atomic E-state index is 0. The molecule has 0 radical (unpaired) electrons. The van der Waals surface area contributed by atoms with Crippen molar-refractivity contribution in [3.8, 4) is 0 Å². The van der Waals surface area contributed by atoms with Crippen LogP contribution in [0.2, 0.25) is 5.02 Å². The Morgan fingerprint density at radius 1 is 1.26 bits per heavy atom. The summed E-state index contributed by atoms with van der Waals surface area (Å²) < 4.78 is 5.40. The van der Waals surface area contributed by atoms with Gasteiger partial charge in [-0.2, -0.15) is 0 Å². The van der Waals surface area contributed by atoms with Crippen LogP contribution >= 0.6 is 35.6 Å². The first-order chi connectivity index (χ1) is 12.7. The van der Waals surface area contributed by atoms with E-state index >= 15 is 0 Å². The highest BCUT2D eigenvalue weighted by molar-refractivity contribution is 14.0. The zero-order valence-electron chi connectivity index (χ0n) is 16.2. The summed E-state index contributed by atoms with van der Waals surface area (Å²) in [6.07, 6.45) is 3.49. The molecule has 0 amide bonds. The number of ether oxygens (including phenoxy) is 1. The topological polar surface area (TPSA) is 48.9 Å². The molecule has 2 N–H and O–H groups in total. The molecule has 1 saturated heterocycles. The molecule has 3 rings (SSSR count). The first kappa shape index (κ1) is 22.7. The van der Waals surface area contributed by atoms with Gasteiger partial charge in [-0.05, 0) is 50.4 Å². The van der Waals surface area contributed by atoms with E-state index in [1.165, 1.54) is 18.4 Å². The van der Waals surface area contributed by atoms with Crippen molar-refractivity contribution >= 4 is 41.5 Å². The molecule has 0 spiro atoms. The highest BCUT2D eigenvalue weighted by Gasteiger charge is 2.44. The van der Waals surface area contributed by atoms with E-state index in [4.69, 9.17) is 21.3 Å². The number of benzene rings is 1. The van der Waals surface area contributed by atoms with E-state index < -0.39 is 0 Å². The van der Waals surface area contributed by atoms with E-state index in [1.807, 2.05) is 12.1 Å². The number of hydrogen-bond donors (Lipinski definition) is 2. The number of aliphatic imine (C=N–C) groups is 1. The first-order valence-electron chi connectivity index (χ1n) is 9.80. The molecule has 0 bridgehead atoms. The molecule has 0 unspecified atom stereocenters. The summed E-state index contributed by atoms with van der Waals surface area (Å²) in [6, 6.07) is 8.24. The molecule has 27 heavy (non-hydrogen) atoms. The lowest BCUT2D eigenvalue weighted by Gasteiger charge is -2.26. The minimum absolute atomic E-state index is 0. The van der Waals surface area contributed by atoms with Crippen LogP contribution in [0.5, 0.6) is 0 Å². The SMILES string of the molecule is CCNC(=NCC1(c2cccc(Cl)c2)CC1)NCCCN1CCOCC1.I. The van der Waals surface area contributed by atoms with Crippen molar-refractivity contribution in [2.45, 2.75) is 31.6 Å². The van der Waals surface area contributed by atoms with Gasteiger partial charge in [0.2, 0.25) is 0 Å². The highest BCUT2D eigenvalue weighted by Crippen LogP contribution is 2.48. The Hall–Kier alpha value is -0.570. The smallest absolute Gasteiger partial charge is 0.191 e. The number of nitrogens with one attached hydrogen (secondary N) is 2. The monoisotopic (exact) mass is 506 g/mol. The van der Waals surface area contributed by atoms with Gasteiger partial charge in [-0.15, -0.1) is 24.0 Å². The lowest BCUT2D eigenvalue weighted by molar-refractivity contribution is 0.0376. The van der Waals surface area contributed by atoms with Gasteiger partial charge in [0.1, 0.15) is 0 Å². The molecular weight excluding hydrogens is 475 g/mol. The molecular formula is C20H32ClIN4O. The Balaban J connectivity index is 0.00000261. The number of halogens is 2. The number of hydrogen-bond acceptors (Lipinski definition) is 3. The normalized spacial score (nSPS) is 19.3. The third-order valence-corrected chi connectivity index (χ3v) is 5.46. The predicted octanol–water partition coefficient (Wildman–Crippen LogP) is 3.27. The quantitative estimate of drug-likeness (QED) is 0.246. The Bertz CT molecular complexity index is 603. The molecule has 152 valence electrons. The van der Waals surface area contributed by atoms with Gasteiger partial charge in [0.25, 0.3) is 0 Å². The third-order valence-electron chi connectivity index (χ3n) is 5.22. The molecule has 0 atom stereocenters. The zero-order chi connectivity index (χ0) is 18.2. The van der Waals surface area contributed by atoms with Gasteiger partial charge in [-0.3, -0.25) is 9.89 Å². The van der Waals surface area contributed by atoms with E-state index in [-0.39, 0.29) is 29.4 Å². The van der Waals surface area contributed by atoms with Crippen LogP contribution in [0.3, 0.4) is 0 Å². The summed E-state index contributed by atoms with van der Waals surface area (Å²) >= 11 is 6.17. The Kier molecular flexibility index (Phi) is 9.62. The summed E-state index contributed by atoms with van der Waals surface area (Å²) in [6.45, 7) is 9.68. The molecule has 1 saturated carbocycles. The molecule has 2 aliphatic rings. The van der Waals surface area contributed by atoms with Crippen LogP contribution in [0.4, 0.5) is 0 Å². The molecule has 1 aliphatic carbocycles. The van der Waals surface area contributed by atoms with Gasteiger partial charge in [-0.1, -0.05) is 23.7 Å². The predicted molar refractivity (Wildman–Crippen MR) is 124 cm³/mol. The maximum absolute atomic E-state index is 6.17. The summed E-state index contributed by atoms with van der Waals surface area (Å²) in [5, 5.41) is 7.65. The summed E-state index contributed by atoms with van der Waals surface area (Å²) in [5.74, 6) is 0.919. The van der Waals surface area contributed by atoms with Crippen molar-refractivity contribution < 1.29 is 4.74 Å². The van der Waals surface area contributed by atoms with Crippen LogP contribution in [0.1, 0.15) is 31.7 Å². The van der Waals surface area contributed by atoms with Crippen LogP contribution in [0, 0.1) is 0 Å². The van der Waals surface area contributed by atoms with E-state index in [9.17, 15) is 0 Å². The molecule has 2 fully saturated rings. The molecule has 7 heteroatoms. The second-order valence-corrected chi connectivity index (χ2v) is 7.66. The van der Waals surface area contributed by atoms with Gasteiger partial charge in [-0.25, -0.2) is 0 Å². The number of morpholine rings is 1. The van der Waals surface area contributed by atoms with Gasteiger partial charge in [0.15, 0.2) is 5.96 Å². The molecule has 5 nitrogen and oxygen atoms in total. The fraction of sp³-hybridized carbons (Fsp3) is 0.650. The van der Waals surface area contributed by atoms with E-state index in [1.54, 1.807) is 0 Å². The van der Waals surface area contributed by atoms with Crippen molar-refractivity contribution in [3.05, 3.63) is 34.9 Å².